The second-order valence-corrected chi connectivity index (χ2v) is 5.51. The Morgan fingerprint density at radius 1 is 1.04 bits per heavy atom. The zero-order valence-electron chi connectivity index (χ0n) is 13.7. The van der Waals surface area contributed by atoms with Crippen molar-refractivity contribution in [3.05, 3.63) is 65.9 Å². The number of fused-ring (bicyclic) bond motifs is 1. The molecule has 1 N–H and O–H groups in total. The lowest BCUT2D eigenvalue weighted by molar-refractivity contribution is 0.0519. The van der Waals surface area contributed by atoms with Crippen LogP contribution in [0.3, 0.4) is 0 Å². The van der Waals surface area contributed by atoms with Crippen molar-refractivity contribution in [3.63, 3.8) is 0 Å². The highest BCUT2D eigenvalue weighted by molar-refractivity contribution is 5.98. The fourth-order valence-electron chi connectivity index (χ4n) is 2.79. The van der Waals surface area contributed by atoms with Crippen molar-refractivity contribution < 1.29 is 14.3 Å². The monoisotopic (exact) mass is 323 g/mol. The molecule has 0 aliphatic heterocycles. The number of esters is 1. The summed E-state index contributed by atoms with van der Waals surface area (Å²) < 4.78 is 10.9. The number of benzene rings is 2. The molecule has 0 spiro atoms. The van der Waals surface area contributed by atoms with Crippen molar-refractivity contribution in [2.75, 3.05) is 13.2 Å². The molecule has 0 fully saturated rings. The topological polar surface area (TPSA) is 51.3 Å². The van der Waals surface area contributed by atoms with E-state index in [0.29, 0.717) is 18.9 Å². The smallest absolute Gasteiger partial charge is 0.355 e. The van der Waals surface area contributed by atoms with Crippen LogP contribution in [-0.2, 0) is 11.2 Å². The number of aromatic nitrogens is 1. The average molecular weight is 323 g/mol. The quantitative estimate of drug-likeness (QED) is 0.519. The molecule has 0 radical (unpaired) electrons. The van der Waals surface area contributed by atoms with Gasteiger partial charge in [0.25, 0.3) is 0 Å². The zero-order chi connectivity index (χ0) is 16.8. The maximum Gasteiger partial charge on any atom is 0.355 e. The van der Waals surface area contributed by atoms with Gasteiger partial charge in [-0.2, -0.15) is 0 Å². The number of aromatic amines is 1. The van der Waals surface area contributed by atoms with Gasteiger partial charge in [-0.05, 0) is 43.5 Å². The standard InChI is InChI=1S/C20H21NO3/c1-2-23-20(22)19-17(16-11-6-7-13-18(16)21-19)12-8-14-24-15-9-4-3-5-10-15/h3-7,9-11,13,21H,2,8,12,14H2,1H3. The predicted molar refractivity (Wildman–Crippen MR) is 94.5 cm³/mol. The van der Waals surface area contributed by atoms with Gasteiger partial charge in [0.2, 0.25) is 0 Å². The van der Waals surface area contributed by atoms with E-state index in [2.05, 4.69) is 4.98 Å². The van der Waals surface area contributed by atoms with Crippen LogP contribution in [0.4, 0.5) is 0 Å². The zero-order valence-corrected chi connectivity index (χ0v) is 13.7. The van der Waals surface area contributed by atoms with Crippen molar-refractivity contribution in [1.29, 1.82) is 0 Å². The summed E-state index contributed by atoms with van der Waals surface area (Å²) in [6.45, 7) is 2.78. The van der Waals surface area contributed by atoms with E-state index in [1.807, 2.05) is 61.5 Å². The van der Waals surface area contributed by atoms with E-state index in [0.717, 1.165) is 35.1 Å². The number of carbonyl (C=O) groups excluding carboxylic acids is 1. The summed E-state index contributed by atoms with van der Waals surface area (Å²) in [4.78, 5) is 15.4. The Hall–Kier alpha value is -2.75. The molecule has 2 aromatic carbocycles. The lowest BCUT2D eigenvalue weighted by Gasteiger charge is -2.07. The summed E-state index contributed by atoms with van der Waals surface area (Å²) in [7, 11) is 0. The van der Waals surface area contributed by atoms with Gasteiger partial charge < -0.3 is 14.5 Å². The predicted octanol–water partition coefficient (Wildman–Crippen LogP) is 4.36. The van der Waals surface area contributed by atoms with Crippen molar-refractivity contribution in [3.8, 4) is 5.75 Å². The van der Waals surface area contributed by atoms with E-state index in [4.69, 9.17) is 9.47 Å². The van der Waals surface area contributed by atoms with Crippen LogP contribution >= 0.6 is 0 Å². The molecule has 0 bridgehead atoms. The molecule has 0 amide bonds. The average Bonchev–Trinajstić information content (AvgIpc) is 2.99. The number of ether oxygens (including phenoxy) is 2. The van der Waals surface area contributed by atoms with Crippen LogP contribution in [0.2, 0.25) is 0 Å². The highest BCUT2D eigenvalue weighted by Crippen LogP contribution is 2.24. The summed E-state index contributed by atoms with van der Waals surface area (Å²) in [6.07, 6.45) is 1.58. The maximum absolute atomic E-state index is 12.2. The largest absolute Gasteiger partial charge is 0.494 e. The van der Waals surface area contributed by atoms with Gasteiger partial charge in [0, 0.05) is 10.9 Å². The molecule has 0 saturated carbocycles. The van der Waals surface area contributed by atoms with Crippen LogP contribution in [0.25, 0.3) is 10.9 Å². The summed E-state index contributed by atoms with van der Waals surface area (Å²) in [5, 5.41) is 1.07. The molecule has 0 unspecified atom stereocenters. The minimum Gasteiger partial charge on any atom is -0.494 e. The molecule has 1 aromatic heterocycles. The van der Waals surface area contributed by atoms with Gasteiger partial charge in [0.15, 0.2) is 0 Å². The molecule has 0 aliphatic carbocycles. The van der Waals surface area contributed by atoms with Crippen LogP contribution in [-0.4, -0.2) is 24.2 Å². The summed E-state index contributed by atoms with van der Waals surface area (Å²) in [5.41, 5.74) is 2.51. The number of hydrogen-bond donors (Lipinski definition) is 1. The molecule has 3 aromatic rings. The van der Waals surface area contributed by atoms with Gasteiger partial charge in [-0.1, -0.05) is 36.4 Å². The number of para-hydroxylation sites is 2. The van der Waals surface area contributed by atoms with Crippen LogP contribution in [0.5, 0.6) is 5.75 Å². The number of rotatable bonds is 7. The summed E-state index contributed by atoms with van der Waals surface area (Å²) >= 11 is 0. The molecule has 0 aliphatic rings. The highest BCUT2D eigenvalue weighted by atomic mass is 16.5. The molecule has 4 nitrogen and oxygen atoms in total. The van der Waals surface area contributed by atoms with Crippen molar-refractivity contribution in [1.82, 2.24) is 4.98 Å². The number of carbonyl (C=O) groups is 1. The SMILES string of the molecule is CCOC(=O)c1[nH]c2ccccc2c1CCCOc1ccccc1. The first-order valence-electron chi connectivity index (χ1n) is 8.24. The van der Waals surface area contributed by atoms with E-state index in [9.17, 15) is 4.79 Å². The van der Waals surface area contributed by atoms with E-state index in [1.165, 1.54) is 0 Å². The van der Waals surface area contributed by atoms with E-state index in [-0.39, 0.29) is 5.97 Å². The Morgan fingerprint density at radius 3 is 2.58 bits per heavy atom. The number of H-pyrrole nitrogens is 1. The van der Waals surface area contributed by atoms with E-state index >= 15 is 0 Å². The fourth-order valence-corrected chi connectivity index (χ4v) is 2.79. The molecule has 24 heavy (non-hydrogen) atoms. The van der Waals surface area contributed by atoms with Gasteiger partial charge in [-0.25, -0.2) is 4.79 Å². The van der Waals surface area contributed by atoms with Crippen LogP contribution in [0, 0.1) is 0 Å². The number of aryl methyl sites for hydroxylation is 1. The van der Waals surface area contributed by atoms with E-state index < -0.39 is 0 Å². The van der Waals surface area contributed by atoms with Gasteiger partial charge >= 0.3 is 5.97 Å². The van der Waals surface area contributed by atoms with Crippen LogP contribution in [0.15, 0.2) is 54.6 Å². The minimum atomic E-state index is -0.298. The Kier molecular flexibility index (Phi) is 5.16. The van der Waals surface area contributed by atoms with Gasteiger partial charge in [0.1, 0.15) is 11.4 Å². The Morgan fingerprint density at radius 2 is 1.79 bits per heavy atom. The second kappa shape index (κ2) is 7.68. The molecular weight excluding hydrogens is 302 g/mol. The number of nitrogens with one attached hydrogen (secondary N) is 1. The minimum absolute atomic E-state index is 0.298. The molecule has 3 rings (SSSR count). The van der Waals surface area contributed by atoms with Gasteiger partial charge in [-0.15, -0.1) is 0 Å². The molecule has 124 valence electrons. The molecule has 1 heterocycles. The van der Waals surface area contributed by atoms with Gasteiger partial charge in [-0.3, -0.25) is 0 Å². The first-order chi connectivity index (χ1) is 11.8. The van der Waals surface area contributed by atoms with Crippen molar-refractivity contribution >= 4 is 16.9 Å². The third kappa shape index (κ3) is 3.59. The van der Waals surface area contributed by atoms with Crippen molar-refractivity contribution in [2.45, 2.75) is 19.8 Å². The summed E-state index contributed by atoms with van der Waals surface area (Å²) in [5.74, 6) is 0.565. The lowest BCUT2D eigenvalue weighted by Crippen LogP contribution is -2.09. The van der Waals surface area contributed by atoms with Crippen LogP contribution in [0.1, 0.15) is 29.4 Å². The number of hydrogen-bond acceptors (Lipinski definition) is 3. The van der Waals surface area contributed by atoms with Crippen molar-refractivity contribution in [2.24, 2.45) is 0 Å². The lowest BCUT2D eigenvalue weighted by atomic mass is 10.1. The van der Waals surface area contributed by atoms with Gasteiger partial charge in [0.05, 0.1) is 13.2 Å². The Balaban J connectivity index is 1.72. The molecule has 4 heteroatoms. The van der Waals surface area contributed by atoms with E-state index in [1.54, 1.807) is 0 Å². The second-order valence-electron chi connectivity index (χ2n) is 5.51. The third-order valence-corrected chi connectivity index (χ3v) is 3.88. The van der Waals surface area contributed by atoms with Crippen LogP contribution < -0.4 is 4.74 Å². The molecule has 0 saturated heterocycles. The first kappa shape index (κ1) is 16.1. The first-order valence-corrected chi connectivity index (χ1v) is 8.24. The third-order valence-electron chi connectivity index (χ3n) is 3.88. The summed E-state index contributed by atoms with van der Waals surface area (Å²) in [6, 6.07) is 17.7. The fraction of sp³-hybridized carbons (Fsp3) is 0.250. The Bertz CT molecular complexity index is 808. The highest BCUT2D eigenvalue weighted by Gasteiger charge is 2.18. The molecular formula is C20H21NO3. The normalized spacial score (nSPS) is 10.7. The maximum atomic E-state index is 12.2. The Labute approximate surface area is 141 Å². The molecule has 0 atom stereocenters.